The maximum Gasteiger partial charge on any atom is 0.251 e. The van der Waals surface area contributed by atoms with Crippen molar-refractivity contribution in [3.05, 3.63) is 58.6 Å². The molecule has 2 aromatic rings. The monoisotopic (exact) mass is 345 g/mol. The SMILES string of the molecule is CCNC(=O)c1ccc(NCC(=O)Nc2cc(Cl)ccc2C)cc1. The van der Waals surface area contributed by atoms with E-state index in [-0.39, 0.29) is 18.4 Å². The van der Waals surface area contributed by atoms with E-state index in [0.717, 1.165) is 11.3 Å². The fraction of sp³-hybridized carbons (Fsp3) is 0.222. The minimum Gasteiger partial charge on any atom is -0.376 e. The van der Waals surface area contributed by atoms with Crippen LogP contribution in [0.5, 0.6) is 0 Å². The molecule has 5 nitrogen and oxygen atoms in total. The molecule has 0 aliphatic carbocycles. The minimum atomic E-state index is -0.173. The Morgan fingerprint density at radius 3 is 2.46 bits per heavy atom. The topological polar surface area (TPSA) is 70.2 Å². The summed E-state index contributed by atoms with van der Waals surface area (Å²) in [5.41, 5.74) is 2.99. The van der Waals surface area contributed by atoms with E-state index in [9.17, 15) is 9.59 Å². The molecule has 2 rings (SSSR count). The minimum absolute atomic E-state index is 0.113. The standard InChI is InChI=1S/C18H20ClN3O2/c1-3-20-18(24)13-5-8-15(9-6-13)21-11-17(23)22-16-10-14(19)7-4-12(16)2/h4-10,21H,3,11H2,1-2H3,(H,20,24)(H,22,23). The first kappa shape index (κ1) is 17.8. The van der Waals surface area contributed by atoms with Gasteiger partial charge in [-0.05, 0) is 55.8 Å². The quantitative estimate of drug-likeness (QED) is 0.751. The van der Waals surface area contributed by atoms with Crippen LogP contribution in [0.15, 0.2) is 42.5 Å². The summed E-state index contributed by atoms with van der Waals surface area (Å²) in [4.78, 5) is 23.7. The zero-order valence-corrected chi connectivity index (χ0v) is 14.4. The van der Waals surface area contributed by atoms with Gasteiger partial charge in [-0.1, -0.05) is 17.7 Å². The van der Waals surface area contributed by atoms with Crippen molar-refractivity contribution in [2.45, 2.75) is 13.8 Å². The van der Waals surface area contributed by atoms with Gasteiger partial charge >= 0.3 is 0 Å². The third-order valence-corrected chi connectivity index (χ3v) is 3.65. The smallest absolute Gasteiger partial charge is 0.251 e. The Balaban J connectivity index is 1.89. The van der Waals surface area contributed by atoms with Gasteiger partial charge in [0.25, 0.3) is 5.91 Å². The number of halogens is 1. The predicted octanol–water partition coefficient (Wildman–Crippen LogP) is 3.45. The first-order valence-corrected chi connectivity index (χ1v) is 8.05. The molecular weight excluding hydrogens is 326 g/mol. The molecule has 2 aromatic carbocycles. The number of rotatable bonds is 6. The molecule has 3 N–H and O–H groups in total. The summed E-state index contributed by atoms with van der Waals surface area (Å²) in [6.45, 7) is 4.47. The number of hydrogen-bond donors (Lipinski definition) is 3. The lowest BCUT2D eigenvalue weighted by Crippen LogP contribution is -2.23. The lowest BCUT2D eigenvalue weighted by molar-refractivity contribution is -0.114. The maximum atomic E-state index is 12.0. The van der Waals surface area contributed by atoms with Crippen molar-refractivity contribution in [3.8, 4) is 0 Å². The van der Waals surface area contributed by atoms with Crippen molar-refractivity contribution in [1.82, 2.24) is 5.32 Å². The Hall–Kier alpha value is -2.53. The molecule has 0 unspecified atom stereocenters. The Kier molecular flexibility index (Phi) is 6.21. The first-order valence-electron chi connectivity index (χ1n) is 7.67. The summed E-state index contributed by atoms with van der Waals surface area (Å²) < 4.78 is 0. The highest BCUT2D eigenvalue weighted by atomic mass is 35.5. The fourth-order valence-corrected chi connectivity index (χ4v) is 2.28. The highest BCUT2D eigenvalue weighted by Gasteiger charge is 2.07. The second-order valence-corrected chi connectivity index (χ2v) is 5.73. The molecule has 0 aromatic heterocycles. The summed E-state index contributed by atoms with van der Waals surface area (Å²) in [7, 11) is 0. The lowest BCUT2D eigenvalue weighted by atomic mass is 10.2. The van der Waals surface area contributed by atoms with Gasteiger partial charge in [0.2, 0.25) is 5.91 Å². The number of amides is 2. The van der Waals surface area contributed by atoms with Crippen molar-refractivity contribution >= 4 is 34.8 Å². The van der Waals surface area contributed by atoms with E-state index in [0.29, 0.717) is 22.8 Å². The van der Waals surface area contributed by atoms with E-state index in [2.05, 4.69) is 16.0 Å². The maximum absolute atomic E-state index is 12.0. The van der Waals surface area contributed by atoms with Gasteiger partial charge in [0.05, 0.1) is 6.54 Å². The third kappa shape index (κ3) is 4.99. The predicted molar refractivity (Wildman–Crippen MR) is 97.8 cm³/mol. The van der Waals surface area contributed by atoms with Gasteiger partial charge in [-0.3, -0.25) is 9.59 Å². The van der Waals surface area contributed by atoms with Gasteiger partial charge in [0, 0.05) is 28.5 Å². The molecule has 0 atom stereocenters. The van der Waals surface area contributed by atoms with Crippen molar-refractivity contribution in [2.24, 2.45) is 0 Å². The van der Waals surface area contributed by atoms with E-state index >= 15 is 0 Å². The Morgan fingerprint density at radius 2 is 1.79 bits per heavy atom. The number of hydrogen-bond acceptors (Lipinski definition) is 3. The molecular formula is C18H20ClN3O2. The number of nitrogens with one attached hydrogen (secondary N) is 3. The summed E-state index contributed by atoms with van der Waals surface area (Å²) in [5.74, 6) is -0.286. The summed E-state index contributed by atoms with van der Waals surface area (Å²) >= 11 is 5.94. The van der Waals surface area contributed by atoms with Gasteiger partial charge in [-0.15, -0.1) is 0 Å². The number of carbonyl (C=O) groups is 2. The van der Waals surface area contributed by atoms with Crippen LogP contribution in [-0.2, 0) is 4.79 Å². The average Bonchev–Trinajstić information content (AvgIpc) is 2.57. The van der Waals surface area contributed by atoms with Crippen LogP contribution in [0.1, 0.15) is 22.8 Å². The van der Waals surface area contributed by atoms with Crippen molar-refractivity contribution in [2.75, 3.05) is 23.7 Å². The highest BCUT2D eigenvalue weighted by Crippen LogP contribution is 2.20. The van der Waals surface area contributed by atoms with Crippen LogP contribution >= 0.6 is 11.6 Å². The summed E-state index contributed by atoms with van der Waals surface area (Å²) in [6.07, 6.45) is 0. The van der Waals surface area contributed by atoms with Crippen LogP contribution in [-0.4, -0.2) is 24.9 Å². The second-order valence-electron chi connectivity index (χ2n) is 5.30. The van der Waals surface area contributed by atoms with E-state index in [1.165, 1.54) is 0 Å². The van der Waals surface area contributed by atoms with Crippen molar-refractivity contribution in [3.63, 3.8) is 0 Å². The lowest BCUT2D eigenvalue weighted by Gasteiger charge is -2.10. The largest absolute Gasteiger partial charge is 0.376 e. The average molecular weight is 346 g/mol. The first-order chi connectivity index (χ1) is 11.5. The molecule has 0 bridgehead atoms. The van der Waals surface area contributed by atoms with Crippen LogP contribution in [0.3, 0.4) is 0 Å². The number of carbonyl (C=O) groups excluding carboxylic acids is 2. The molecule has 24 heavy (non-hydrogen) atoms. The van der Waals surface area contributed by atoms with Gasteiger partial charge < -0.3 is 16.0 Å². The van der Waals surface area contributed by atoms with Gasteiger partial charge in [0.1, 0.15) is 0 Å². The van der Waals surface area contributed by atoms with E-state index in [1.807, 2.05) is 19.9 Å². The zero-order chi connectivity index (χ0) is 17.5. The Labute approximate surface area is 146 Å². The molecule has 0 fully saturated rings. The molecule has 0 spiro atoms. The molecule has 126 valence electrons. The molecule has 6 heteroatoms. The number of anilines is 2. The number of aryl methyl sites for hydroxylation is 1. The highest BCUT2D eigenvalue weighted by molar-refractivity contribution is 6.31. The van der Waals surface area contributed by atoms with Crippen LogP contribution in [0, 0.1) is 6.92 Å². The summed E-state index contributed by atoms with van der Waals surface area (Å²) in [5, 5.41) is 9.15. The fourth-order valence-electron chi connectivity index (χ4n) is 2.11. The molecule has 0 radical (unpaired) electrons. The van der Waals surface area contributed by atoms with Crippen LogP contribution in [0.4, 0.5) is 11.4 Å². The normalized spacial score (nSPS) is 10.1. The van der Waals surface area contributed by atoms with E-state index in [4.69, 9.17) is 11.6 Å². The van der Waals surface area contributed by atoms with Gasteiger partial charge in [-0.25, -0.2) is 0 Å². The molecule has 0 aliphatic rings. The second kappa shape index (κ2) is 8.36. The van der Waals surface area contributed by atoms with E-state index in [1.54, 1.807) is 36.4 Å². The van der Waals surface area contributed by atoms with Crippen molar-refractivity contribution in [1.29, 1.82) is 0 Å². The molecule has 0 saturated heterocycles. The summed E-state index contributed by atoms with van der Waals surface area (Å²) in [6, 6.07) is 12.3. The molecule has 0 aliphatic heterocycles. The van der Waals surface area contributed by atoms with Crippen LogP contribution in [0.2, 0.25) is 5.02 Å². The van der Waals surface area contributed by atoms with Crippen LogP contribution < -0.4 is 16.0 Å². The van der Waals surface area contributed by atoms with Crippen molar-refractivity contribution < 1.29 is 9.59 Å². The van der Waals surface area contributed by atoms with Crippen LogP contribution in [0.25, 0.3) is 0 Å². The number of benzene rings is 2. The van der Waals surface area contributed by atoms with Gasteiger partial charge in [0.15, 0.2) is 0 Å². The molecule has 2 amide bonds. The van der Waals surface area contributed by atoms with Gasteiger partial charge in [-0.2, -0.15) is 0 Å². The Morgan fingerprint density at radius 1 is 1.08 bits per heavy atom. The molecule has 0 saturated carbocycles. The zero-order valence-electron chi connectivity index (χ0n) is 13.7. The molecule has 0 heterocycles. The third-order valence-electron chi connectivity index (χ3n) is 3.41. The van der Waals surface area contributed by atoms with E-state index < -0.39 is 0 Å². The Bertz CT molecular complexity index is 730.